The standard InChI is InChI=1S/C12H20N2O/c1-10(2)11(9-15)7-13-8-12-5-3-4-6-14-12/h3-6,10-11,13,15H,7-9H2,1-2H3. The monoisotopic (exact) mass is 208 g/mol. The molecule has 1 heterocycles. The average molecular weight is 208 g/mol. The van der Waals surface area contributed by atoms with Gasteiger partial charge in [0.05, 0.1) is 5.69 Å². The molecule has 0 aliphatic heterocycles. The van der Waals surface area contributed by atoms with Gasteiger partial charge >= 0.3 is 0 Å². The van der Waals surface area contributed by atoms with Gasteiger partial charge in [-0.3, -0.25) is 4.98 Å². The van der Waals surface area contributed by atoms with Crippen LogP contribution in [-0.4, -0.2) is 23.2 Å². The van der Waals surface area contributed by atoms with Crippen LogP contribution in [0.2, 0.25) is 0 Å². The molecule has 0 bridgehead atoms. The summed E-state index contributed by atoms with van der Waals surface area (Å²) in [6.07, 6.45) is 1.79. The summed E-state index contributed by atoms with van der Waals surface area (Å²) in [4.78, 5) is 4.22. The van der Waals surface area contributed by atoms with E-state index in [9.17, 15) is 0 Å². The molecule has 3 heteroatoms. The quantitative estimate of drug-likeness (QED) is 0.743. The van der Waals surface area contributed by atoms with Gasteiger partial charge in [0, 0.05) is 25.9 Å². The number of nitrogens with zero attached hydrogens (tertiary/aromatic N) is 1. The zero-order valence-electron chi connectivity index (χ0n) is 9.48. The fourth-order valence-electron chi connectivity index (χ4n) is 1.40. The first kappa shape index (κ1) is 12.1. The summed E-state index contributed by atoms with van der Waals surface area (Å²) in [5, 5.41) is 12.4. The van der Waals surface area contributed by atoms with Gasteiger partial charge in [0.25, 0.3) is 0 Å². The van der Waals surface area contributed by atoms with Crippen LogP contribution in [0.25, 0.3) is 0 Å². The van der Waals surface area contributed by atoms with Crippen LogP contribution in [0.5, 0.6) is 0 Å². The molecule has 0 fully saturated rings. The zero-order valence-corrected chi connectivity index (χ0v) is 9.48. The van der Waals surface area contributed by atoms with Crippen LogP contribution in [0.4, 0.5) is 0 Å². The van der Waals surface area contributed by atoms with Crippen LogP contribution < -0.4 is 5.32 Å². The lowest BCUT2D eigenvalue weighted by molar-refractivity contribution is 0.186. The van der Waals surface area contributed by atoms with Crippen LogP contribution in [0.3, 0.4) is 0 Å². The van der Waals surface area contributed by atoms with E-state index in [1.807, 2.05) is 18.2 Å². The van der Waals surface area contributed by atoms with E-state index in [1.165, 1.54) is 0 Å². The summed E-state index contributed by atoms with van der Waals surface area (Å²) < 4.78 is 0. The SMILES string of the molecule is CC(C)C(CO)CNCc1ccccn1. The summed E-state index contributed by atoms with van der Waals surface area (Å²) in [5.74, 6) is 0.833. The Morgan fingerprint density at radius 3 is 2.73 bits per heavy atom. The summed E-state index contributed by atoms with van der Waals surface area (Å²) in [6.45, 7) is 6.11. The van der Waals surface area contributed by atoms with Gasteiger partial charge in [0.2, 0.25) is 0 Å². The van der Waals surface area contributed by atoms with Crippen LogP contribution in [0.15, 0.2) is 24.4 Å². The maximum atomic E-state index is 9.14. The zero-order chi connectivity index (χ0) is 11.1. The van der Waals surface area contributed by atoms with E-state index in [1.54, 1.807) is 6.20 Å². The summed E-state index contributed by atoms with van der Waals surface area (Å²) in [7, 11) is 0. The van der Waals surface area contributed by atoms with Gasteiger partial charge in [0.15, 0.2) is 0 Å². The molecule has 0 saturated carbocycles. The van der Waals surface area contributed by atoms with Crippen LogP contribution in [0.1, 0.15) is 19.5 Å². The first-order valence-electron chi connectivity index (χ1n) is 5.45. The van der Waals surface area contributed by atoms with Gasteiger partial charge < -0.3 is 10.4 Å². The molecular weight excluding hydrogens is 188 g/mol. The van der Waals surface area contributed by atoms with Crippen LogP contribution >= 0.6 is 0 Å². The number of aliphatic hydroxyl groups is 1. The maximum Gasteiger partial charge on any atom is 0.0541 e. The minimum Gasteiger partial charge on any atom is -0.396 e. The largest absolute Gasteiger partial charge is 0.396 e. The van der Waals surface area contributed by atoms with Crippen LogP contribution in [0, 0.1) is 11.8 Å². The average Bonchev–Trinajstić information content (AvgIpc) is 2.25. The lowest BCUT2D eigenvalue weighted by Crippen LogP contribution is -2.28. The Labute approximate surface area is 91.5 Å². The third kappa shape index (κ3) is 4.40. The molecule has 0 radical (unpaired) electrons. The first-order chi connectivity index (χ1) is 7.24. The van der Waals surface area contributed by atoms with Crippen molar-refractivity contribution >= 4 is 0 Å². The fraction of sp³-hybridized carbons (Fsp3) is 0.583. The molecule has 0 aliphatic rings. The van der Waals surface area contributed by atoms with Gasteiger partial charge in [-0.15, -0.1) is 0 Å². The Balaban J connectivity index is 2.27. The molecule has 2 N–H and O–H groups in total. The lowest BCUT2D eigenvalue weighted by atomic mass is 9.97. The second kappa shape index (κ2) is 6.53. The lowest BCUT2D eigenvalue weighted by Gasteiger charge is -2.18. The highest BCUT2D eigenvalue weighted by atomic mass is 16.3. The molecule has 3 nitrogen and oxygen atoms in total. The van der Waals surface area contributed by atoms with Crippen molar-refractivity contribution in [2.24, 2.45) is 11.8 Å². The van der Waals surface area contributed by atoms with Gasteiger partial charge in [-0.05, 0) is 24.0 Å². The van der Waals surface area contributed by atoms with E-state index in [0.717, 1.165) is 18.8 Å². The van der Waals surface area contributed by atoms with Crippen LogP contribution in [-0.2, 0) is 6.54 Å². The first-order valence-corrected chi connectivity index (χ1v) is 5.45. The van der Waals surface area contributed by atoms with E-state index in [-0.39, 0.29) is 6.61 Å². The topological polar surface area (TPSA) is 45.1 Å². The van der Waals surface area contributed by atoms with Crippen molar-refractivity contribution in [3.63, 3.8) is 0 Å². The predicted octanol–water partition coefficient (Wildman–Crippen LogP) is 1.44. The Hall–Kier alpha value is -0.930. The van der Waals surface area contributed by atoms with Gasteiger partial charge in [-0.25, -0.2) is 0 Å². The highest BCUT2D eigenvalue weighted by molar-refractivity contribution is 5.02. The van der Waals surface area contributed by atoms with Crippen molar-refractivity contribution < 1.29 is 5.11 Å². The number of hydrogen-bond donors (Lipinski definition) is 2. The van der Waals surface area contributed by atoms with Crippen molar-refractivity contribution in [2.75, 3.05) is 13.2 Å². The molecule has 1 aromatic heterocycles. The van der Waals surface area contributed by atoms with E-state index in [0.29, 0.717) is 11.8 Å². The van der Waals surface area contributed by atoms with E-state index >= 15 is 0 Å². The second-order valence-electron chi connectivity index (χ2n) is 4.14. The number of nitrogens with one attached hydrogen (secondary N) is 1. The van der Waals surface area contributed by atoms with Crippen molar-refractivity contribution in [2.45, 2.75) is 20.4 Å². The number of pyridine rings is 1. The normalized spacial score (nSPS) is 13.1. The Kier molecular flexibility index (Phi) is 5.29. The number of aliphatic hydroxyl groups excluding tert-OH is 1. The third-order valence-electron chi connectivity index (χ3n) is 2.62. The molecule has 0 saturated heterocycles. The minimum absolute atomic E-state index is 0.243. The summed E-state index contributed by atoms with van der Waals surface area (Å²) in [5.41, 5.74) is 1.04. The van der Waals surface area contributed by atoms with E-state index in [2.05, 4.69) is 24.1 Å². The van der Waals surface area contributed by atoms with Crippen molar-refractivity contribution in [1.82, 2.24) is 10.3 Å². The van der Waals surface area contributed by atoms with Crippen molar-refractivity contribution in [3.05, 3.63) is 30.1 Å². The Morgan fingerprint density at radius 1 is 1.40 bits per heavy atom. The predicted molar refractivity (Wildman–Crippen MR) is 61.4 cm³/mol. The maximum absolute atomic E-state index is 9.14. The molecule has 0 amide bonds. The number of hydrogen-bond acceptors (Lipinski definition) is 3. The highest BCUT2D eigenvalue weighted by Gasteiger charge is 2.11. The number of rotatable bonds is 6. The Morgan fingerprint density at radius 2 is 2.20 bits per heavy atom. The van der Waals surface area contributed by atoms with Gasteiger partial charge in [-0.1, -0.05) is 19.9 Å². The molecule has 15 heavy (non-hydrogen) atoms. The van der Waals surface area contributed by atoms with Crippen molar-refractivity contribution in [1.29, 1.82) is 0 Å². The van der Waals surface area contributed by atoms with E-state index < -0.39 is 0 Å². The van der Waals surface area contributed by atoms with Gasteiger partial charge in [0.1, 0.15) is 0 Å². The fourth-order valence-corrected chi connectivity index (χ4v) is 1.40. The molecule has 0 aromatic carbocycles. The number of aromatic nitrogens is 1. The molecule has 0 spiro atoms. The highest BCUT2D eigenvalue weighted by Crippen LogP contribution is 2.08. The summed E-state index contributed by atoms with van der Waals surface area (Å²) >= 11 is 0. The Bertz CT molecular complexity index is 262. The third-order valence-corrected chi connectivity index (χ3v) is 2.62. The molecule has 1 atom stereocenters. The second-order valence-corrected chi connectivity index (χ2v) is 4.14. The molecule has 1 rings (SSSR count). The van der Waals surface area contributed by atoms with Crippen molar-refractivity contribution in [3.8, 4) is 0 Å². The van der Waals surface area contributed by atoms with E-state index in [4.69, 9.17) is 5.11 Å². The minimum atomic E-state index is 0.243. The smallest absolute Gasteiger partial charge is 0.0541 e. The molecular formula is C12H20N2O. The summed E-state index contributed by atoms with van der Waals surface area (Å²) in [6, 6.07) is 5.89. The molecule has 0 aliphatic carbocycles. The molecule has 1 aromatic rings. The molecule has 84 valence electrons. The van der Waals surface area contributed by atoms with Gasteiger partial charge in [-0.2, -0.15) is 0 Å². The molecule has 1 unspecified atom stereocenters.